The van der Waals surface area contributed by atoms with Crippen LogP contribution in [0, 0.1) is 0 Å². The van der Waals surface area contributed by atoms with Crippen molar-refractivity contribution < 1.29 is 14.7 Å². The summed E-state index contributed by atoms with van der Waals surface area (Å²) in [6.45, 7) is 11.2. The molecule has 0 saturated heterocycles. The molecular formula is C25H36O3. The van der Waals surface area contributed by atoms with Gasteiger partial charge in [0.1, 0.15) is 17.3 Å². The van der Waals surface area contributed by atoms with Crippen LogP contribution in [0.25, 0.3) is 0 Å². The molecule has 1 unspecified atom stereocenters. The van der Waals surface area contributed by atoms with E-state index in [0.717, 1.165) is 30.4 Å². The number of rotatable bonds is 7. The Balaban J connectivity index is 0.000000497. The molecular weight excluding hydrogens is 348 g/mol. The highest BCUT2D eigenvalue weighted by molar-refractivity contribution is 5.83. The van der Waals surface area contributed by atoms with Crippen molar-refractivity contribution in [1.82, 2.24) is 0 Å². The van der Waals surface area contributed by atoms with Gasteiger partial charge in [0.15, 0.2) is 0 Å². The topological polar surface area (TPSA) is 54.4 Å². The van der Waals surface area contributed by atoms with E-state index in [4.69, 9.17) is 0 Å². The molecule has 0 bridgehead atoms. The molecule has 0 aliphatic heterocycles. The second-order valence-electron chi connectivity index (χ2n) is 6.65. The third-order valence-corrected chi connectivity index (χ3v) is 4.33. The Bertz CT molecular complexity index is 705. The van der Waals surface area contributed by atoms with Gasteiger partial charge in [-0.2, -0.15) is 0 Å². The predicted molar refractivity (Wildman–Crippen MR) is 118 cm³/mol. The summed E-state index contributed by atoms with van der Waals surface area (Å²) in [6, 6.07) is 15.3. The normalized spacial score (nSPS) is 10.6. The first-order valence-electron chi connectivity index (χ1n) is 10.2. The maximum atomic E-state index is 11.3. The van der Waals surface area contributed by atoms with Crippen molar-refractivity contribution in [2.75, 3.05) is 0 Å². The quantitative estimate of drug-likeness (QED) is 0.612. The number of ketones is 2. The zero-order valence-electron chi connectivity index (χ0n) is 18.3. The first-order chi connectivity index (χ1) is 13.3. The Morgan fingerprint density at radius 2 is 1.57 bits per heavy atom. The fourth-order valence-electron chi connectivity index (χ4n) is 2.68. The maximum absolute atomic E-state index is 11.3. The van der Waals surface area contributed by atoms with Gasteiger partial charge in [-0.05, 0) is 55.5 Å². The Kier molecular flexibility index (Phi) is 13.4. The number of Topliss-reactive ketones (excluding diaryl/α,β-unsaturated/α-hetero) is 2. The van der Waals surface area contributed by atoms with Crippen molar-refractivity contribution in [3.63, 3.8) is 0 Å². The first kappa shape index (κ1) is 25.6. The van der Waals surface area contributed by atoms with Crippen molar-refractivity contribution in [2.24, 2.45) is 0 Å². The zero-order chi connectivity index (χ0) is 21.5. The standard InChI is InChI=1S/C13H18O2.C10H12O.C2H6/c1-4-5-11-8-12(15)6-7-13(11)9(2)10(3)14;1-9(11)7-8-10-5-3-2-4-6-10;1-2/h6-9,15H,4-5H2,1-3H3;2-6H,7-8H2,1H3;1-2H3. The minimum atomic E-state index is -0.0767. The Labute approximate surface area is 170 Å². The van der Waals surface area contributed by atoms with E-state index in [1.165, 1.54) is 5.56 Å². The monoisotopic (exact) mass is 384 g/mol. The average Bonchev–Trinajstić information content (AvgIpc) is 2.69. The molecule has 0 radical (unpaired) electrons. The van der Waals surface area contributed by atoms with Crippen LogP contribution in [0.15, 0.2) is 48.5 Å². The average molecular weight is 385 g/mol. The first-order valence-corrected chi connectivity index (χ1v) is 10.2. The molecule has 3 heteroatoms. The highest BCUT2D eigenvalue weighted by Crippen LogP contribution is 2.25. The van der Waals surface area contributed by atoms with Crippen LogP contribution in [-0.2, 0) is 22.4 Å². The molecule has 0 aliphatic rings. The Morgan fingerprint density at radius 1 is 0.964 bits per heavy atom. The second-order valence-corrected chi connectivity index (χ2v) is 6.65. The largest absolute Gasteiger partial charge is 0.508 e. The van der Waals surface area contributed by atoms with E-state index in [1.807, 2.05) is 57.2 Å². The van der Waals surface area contributed by atoms with Crippen molar-refractivity contribution in [3.05, 3.63) is 65.2 Å². The molecule has 154 valence electrons. The third-order valence-electron chi connectivity index (χ3n) is 4.33. The molecule has 1 N–H and O–H groups in total. The van der Waals surface area contributed by atoms with E-state index in [-0.39, 0.29) is 23.2 Å². The van der Waals surface area contributed by atoms with Crippen LogP contribution in [-0.4, -0.2) is 16.7 Å². The highest BCUT2D eigenvalue weighted by atomic mass is 16.3. The smallest absolute Gasteiger partial charge is 0.136 e. The van der Waals surface area contributed by atoms with Gasteiger partial charge in [-0.15, -0.1) is 0 Å². The fraction of sp³-hybridized carbons (Fsp3) is 0.440. The number of hydrogen-bond acceptors (Lipinski definition) is 3. The van der Waals surface area contributed by atoms with Gasteiger partial charge in [0.2, 0.25) is 0 Å². The molecule has 2 aromatic rings. The van der Waals surface area contributed by atoms with Crippen molar-refractivity contribution in [1.29, 1.82) is 0 Å². The molecule has 3 nitrogen and oxygen atoms in total. The minimum absolute atomic E-state index is 0.0767. The van der Waals surface area contributed by atoms with E-state index in [9.17, 15) is 14.7 Å². The second kappa shape index (κ2) is 14.6. The maximum Gasteiger partial charge on any atom is 0.136 e. The predicted octanol–water partition coefficient (Wildman–Crippen LogP) is 6.27. The Morgan fingerprint density at radius 3 is 2.07 bits per heavy atom. The lowest BCUT2D eigenvalue weighted by molar-refractivity contribution is -0.118. The van der Waals surface area contributed by atoms with Gasteiger partial charge in [-0.3, -0.25) is 4.79 Å². The van der Waals surface area contributed by atoms with Crippen LogP contribution in [0.4, 0.5) is 0 Å². The molecule has 0 saturated carbocycles. The van der Waals surface area contributed by atoms with Gasteiger partial charge in [-0.1, -0.05) is 70.5 Å². The zero-order valence-corrected chi connectivity index (χ0v) is 18.3. The highest BCUT2D eigenvalue weighted by Gasteiger charge is 2.14. The number of benzene rings is 2. The lowest BCUT2D eigenvalue weighted by Crippen LogP contribution is -2.07. The summed E-state index contributed by atoms with van der Waals surface area (Å²) in [5.41, 5.74) is 3.37. The number of aromatic hydroxyl groups is 1. The summed E-state index contributed by atoms with van der Waals surface area (Å²) in [7, 11) is 0. The van der Waals surface area contributed by atoms with Crippen molar-refractivity contribution >= 4 is 11.6 Å². The van der Waals surface area contributed by atoms with Crippen LogP contribution in [0.5, 0.6) is 5.75 Å². The third kappa shape index (κ3) is 10.1. The lowest BCUT2D eigenvalue weighted by Gasteiger charge is -2.14. The van der Waals surface area contributed by atoms with Crippen LogP contribution >= 0.6 is 0 Å². The summed E-state index contributed by atoms with van der Waals surface area (Å²) in [5.74, 6) is 0.622. The lowest BCUT2D eigenvalue weighted by atomic mass is 9.91. The van der Waals surface area contributed by atoms with Gasteiger partial charge in [-0.25, -0.2) is 0 Å². The van der Waals surface area contributed by atoms with E-state index in [2.05, 4.69) is 6.92 Å². The van der Waals surface area contributed by atoms with Crippen LogP contribution in [0.3, 0.4) is 0 Å². The summed E-state index contributed by atoms with van der Waals surface area (Å²) >= 11 is 0. The van der Waals surface area contributed by atoms with Gasteiger partial charge in [0, 0.05) is 12.3 Å². The molecule has 2 aromatic carbocycles. The fourth-order valence-corrected chi connectivity index (χ4v) is 2.68. The van der Waals surface area contributed by atoms with Gasteiger partial charge in [0.25, 0.3) is 0 Å². The molecule has 1 atom stereocenters. The van der Waals surface area contributed by atoms with E-state index >= 15 is 0 Å². The van der Waals surface area contributed by atoms with E-state index in [1.54, 1.807) is 26.0 Å². The SMILES string of the molecule is CC.CC(=O)CCc1ccccc1.CCCc1cc(O)ccc1C(C)C(C)=O. The van der Waals surface area contributed by atoms with Gasteiger partial charge >= 0.3 is 0 Å². The number of phenolic OH excluding ortho intramolecular Hbond substituents is 1. The van der Waals surface area contributed by atoms with Gasteiger partial charge in [0.05, 0.1) is 0 Å². The molecule has 0 amide bonds. The van der Waals surface area contributed by atoms with Gasteiger partial charge < -0.3 is 9.90 Å². The van der Waals surface area contributed by atoms with Crippen molar-refractivity contribution in [3.8, 4) is 5.75 Å². The molecule has 0 fully saturated rings. The molecule has 0 aromatic heterocycles. The number of hydrogen-bond donors (Lipinski definition) is 1. The van der Waals surface area contributed by atoms with E-state index in [0.29, 0.717) is 6.42 Å². The van der Waals surface area contributed by atoms with Crippen LogP contribution in [0.2, 0.25) is 0 Å². The number of phenols is 1. The summed E-state index contributed by atoms with van der Waals surface area (Å²) in [5, 5.41) is 9.40. The number of carbonyl (C=O) groups excluding carboxylic acids is 2. The van der Waals surface area contributed by atoms with Crippen molar-refractivity contribution in [2.45, 2.75) is 73.1 Å². The summed E-state index contributed by atoms with van der Waals surface area (Å²) in [6.07, 6.45) is 3.45. The molecule has 0 aliphatic carbocycles. The minimum Gasteiger partial charge on any atom is -0.508 e. The van der Waals surface area contributed by atoms with E-state index < -0.39 is 0 Å². The van der Waals surface area contributed by atoms with Crippen LogP contribution < -0.4 is 0 Å². The molecule has 28 heavy (non-hydrogen) atoms. The summed E-state index contributed by atoms with van der Waals surface area (Å²) in [4.78, 5) is 21.9. The molecule has 0 heterocycles. The molecule has 0 spiro atoms. The Hall–Kier alpha value is -2.42. The summed E-state index contributed by atoms with van der Waals surface area (Å²) < 4.78 is 0. The van der Waals surface area contributed by atoms with Crippen LogP contribution in [0.1, 0.15) is 77.0 Å². The number of carbonyl (C=O) groups is 2. The molecule has 2 rings (SSSR count). The number of aryl methyl sites for hydroxylation is 2.